The number of rotatable bonds is 6. The summed E-state index contributed by atoms with van der Waals surface area (Å²) in [6.07, 6.45) is 6.95. The first-order valence-electron chi connectivity index (χ1n) is 8.42. The lowest BCUT2D eigenvalue weighted by atomic mass is 9.92. The zero-order chi connectivity index (χ0) is 16.4. The molecule has 6 heteroatoms. The van der Waals surface area contributed by atoms with Gasteiger partial charge in [0.25, 0.3) is 0 Å². The molecule has 0 spiro atoms. The summed E-state index contributed by atoms with van der Waals surface area (Å²) in [4.78, 5) is 2.45. The Kier molecular flexibility index (Phi) is 4.82. The van der Waals surface area contributed by atoms with Crippen molar-refractivity contribution in [2.45, 2.75) is 32.2 Å². The van der Waals surface area contributed by atoms with Gasteiger partial charge < -0.3 is 10.0 Å². The Morgan fingerprint density at radius 3 is 2.74 bits per heavy atom. The van der Waals surface area contributed by atoms with E-state index < -0.39 is 0 Å². The fourth-order valence-corrected chi connectivity index (χ4v) is 3.45. The van der Waals surface area contributed by atoms with Crippen LogP contribution >= 0.6 is 0 Å². The van der Waals surface area contributed by atoms with E-state index in [9.17, 15) is 5.11 Å². The minimum absolute atomic E-state index is 0.236. The molecule has 0 bridgehead atoms. The normalized spacial score (nSPS) is 22.3. The van der Waals surface area contributed by atoms with E-state index in [0.717, 1.165) is 26.1 Å². The lowest BCUT2D eigenvalue weighted by molar-refractivity contribution is 0.215. The molecule has 0 aliphatic carbocycles. The standard InChI is InChI=1S/C17H27N5O/c1-13(2)22-10-14(8-19-22)17-11-21(9-15(17)12-23)7-5-16-4-6-18-20(16)3/h4,6,8,10,13,15,17,23H,5,7,9,11-12H2,1-3H3/t15-,17-/m0/s1. The molecule has 0 saturated carbocycles. The Labute approximate surface area is 137 Å². The van der Waals surface area contributed by atoms with Crippen LogP contribution in [0.2, 0.25) is 0 Å². The van der Waals surface area contributed by atoms with E-state index in [1.54, 1.807) is 0 Å². The van der Waals surface area contributed by atoms with Gasteiger partial charge in [-0.25, -0.2) is 0 Å². The van der Waals surface area contributed by atoms with Gasteiger partial charge in [-0.1, -0.05) is 0 Å². The van der Waals surface area contributed by atoms with Crippen molar-refractivity contribution in [3.63, 3.8) is 0 Å². The highest BCUT2D eigenvalue weighted by Gasteiger charge is 2.34. The van der Waals surface area contributed by atoms with Crippen molar-refractivity contribution in [2.75, 3.05) is 26.2 Å². The molecule has 1 aliphatic rings. The second kappa shape index (κ2) is 6.84. The van der Waals surface area contributed by atoms with E-state index in [4.69, 9.17) is 0 Å². The summed E-state index contributed by atoms with van der Waals surface area (Å²) in [6.45, 7) is 7.45. The number of nitrogens with zero attached hydrogens (tertiary/aromatic N) is 5. The van der Waals surface area contributed by atoms with E-state index in [1.807, 2.05) is 28.8 Å². The molecule has 2 aromatic heterocycles. The Morgan fingerprint density at radius 2 is 2.13 bits per heavy atom. The molecule has 0 aromatic carbocycles. The van der Waals surface area contributed by atoms with Crippen LogP contribution in [0.1, 0.15) is 37.1 Å². The molecule has 1 aliphatic heterocycles. The van der Waals surface area contributed by atoms with Gasteiger partial charge >= 0.3 is 0 Å². The van der Waals surface area contributed by atoms with Crippen LogP contribution in [0.5, 0.6) is 0 Å². The van der Waals surface area contributed by atoms with Crippen LogP contribution in [0.4, 0.5) is 0 Å². The van der Waals surface area contributed by atoms with Gasteiger partial charge in [-0.15, -0.1) is 0 Å². The molecule has 23 heavy (non-hydrogen) atoms. The van der Waals surface area contributed by atoms with Crippen LogP contribution in [0, 0.1) is 5.92 Å². The number of aromatic nitrogens is 4. The number of aliphatic hydroxyl groups excluding tert-OH is 1. The molecule has 2 aromatic rings. The average Bonchev–Trinajstić information content (AvgIpc) is 3.23. The Balaban J connectivity index is 1.64. The van der Waals surface area contributed by atoms with Crippen molar-refractivity contribution in [2.24, 2.45) is 13.0 Å². The topological polar surface area (TPSA) is 59.1 Å². The average molecular weight is 317 g/mol. The maximum atomic E-state index is 9.76. The third kappa shape index (κ3) is 3.48. The third-order valence-corrected chi connectivity index (χ3v) is 4.94. The fourth-order valence-electron chi connectivity index (χ4n) is 3.45. The molecular formula is C17H27N5O. The number of hydrogen-bond acceptors (Lipinski definition) is 4. The smallest absolute Gasteiger partial charge is 0.0525 e. The summed E-state index contributed by atoms with van der Waals surface area (Å²) in [5.74, 6) is 0.672. The highest BCUT2D eigenvalue weighted by Crippen LogP contribution is 2.32. The van der Waals surface area contributed by atoms with Crippen molar-refractivity contribution in [1.82, 2.24) is 24.5 Å². The summed E-state index contributed by atoms with van der Waals surface area (Å²) in [6, 6.07) is 2.45. The van der Waals surface area contributed by atoms with Gasteiger partial charge in [-0.2, -0.15) is 10.2 Å². The van der Waals surface area contributed by atoms with Crippen LogP contribution in [-0.4, -0.2) is 55.8 Å². The van der Waals surface area contributed by atoms with Crippen molar-refractivity contribution in [3.05, 3.63) is 35.9 Å². The van der Waals surface area contributed by atoms with E-state index in [-0.39, 0.29) is 6.61 Å². The van der Waals surface area contributed by atoms with Gasteiger partial charge in [-0.3, -0.25) is 9.36 Å². The lowest BCUT2D eigenvalue weighted by Gasteiger charge is -2.15. The molecule has 6 nitrogen and oxygen atoms in total. The monoisotopic (exact) mass is 317 g/mol. The molecule has 1 fully saturated rings. The number of aliphatic hydroxyl groups is 1. The van der Waals surface area contributed by atoms with Crippen LogP contribution in [0.25, 0.3) is 0 Å². The molecule has 0 radical (unpaired) electrons. The minimum atomic E-state index is 0.236. The Morgan fingerprint density at radius 1 is 1.30 bits per heavy atom. The number of hydrogen-bond donors (Lipinski definition) is 1. The molecule has 3 heterocycles. The minimum Gasteiger partial charge on any atom is -0.396 e. The summed E-state index contributed by atoms with van der Waals surface area (Å²) in [5, 5.41) is 18.4. The van der Waals surface area contributed by atoms with Crippen molar-refractivity contribution >= 4 is 0 Å². The number of likely N-dealkylation sites (tertiary alicyclic amines) is 1. The second-order valence-corrected chi connectivity index (χ2v) is 6.85. The maximum Gasteiger partial charge on any atom is 0.0525 e. The molecule has 2 atom stereocenters. The van der Waals surface area contributed by atoms with Crippen LogP contribution < -0.4 is 0 Å². The predicted molar refractivity (Wildman–Crippen MR) is 89.3 cm³/mol. The molecular weight excluding hydrogens is 290 g/mol. The summed E-state index contributed by atoms with van der Waals surface area (Å²) in [5.41, 5.74) is 2.50. The van der Waals surface area contributed by atoms with Gasteiger partial charge in [0.2, 0.25) is 0 Å². The molecule has 126 valence electrons. The second-order valence-electron chi connectivity index (χ2n) is 6.85. The van der Waals surface area contributed by atoms with Crippen LogP contribution in [0.3, 0.4) is 0 Å². The predicted octanol–water partition coefficient (Wildman–Crippen LogP) is 1.45. The van der Waals surface area contributed by atoms with Crippen molar-refractivity contribution < 1.29 is 5.11 Å². The first-order chi connectivity index (χ1) is 11.1. The first kappa shape index (κ1) is 16.2. The molecule has 1 saturated heterocycles. The summed E-state index contributed by atoms with van der Waals surface area (Å²) >= 11 is 0. The van der Waals surface area contributed by atoms with E-state index in [0.29, 0.717) is 17.9 Å². The third-order valence-electron chi connectivity index (χ3n) is 4.94. The zero-order valence-electron chi connectivity index (χ0n) is 14.3. The lowest BCUT2D eigenvalue weighted by Crippen LogP contribution is -2.24. The van der Waals surface area contributed by atoms with Gasteiger partial charge in [0, 0.05) is 75.7 Å². The fraction of sp³-hybridized carbons (Fsp3) is 0.647. The quantitative estimate of drug-likeness (QED) is 0.876. The molecule has 0 amide bonds. The molecule has 0 unspecified atom stereocenters. The van der Waals surface area contributed by atoms with Gasteiger partial charge in [0.1, 0.15) is 0 Å². The van der Waals surface area contributed by atoms with Crippen LogP contribution in [-0.2, 0) is 13.5 Å². The van der Waals surface area contributed by atoms with E-state index >= 15 is 0 Å². The number of aryl methyl sites for hydroxylation is 1. The summed E-state index contributed by atoms with van der Waals surface area (Å²) in [7, 11) is 1.99. The Bertz CT molecular complexity index is 632. The Hall–Kier alpha value is -1.66. The van der Waals surface area contributed by atoms with E-state index in [2.05, 4.69) is 41.2 Å². The molecule has 1 N–H and O–H groups in total. The highest BCUT2D eigenvalue weighted by atomic mass is 16.3. The zero-order valence-corrected chi connectivity index (χ0v) is 14.3. The van der Waals surface area contributed by atoms with Gasteiger partial charge in [-0.05, 0) is 25.5 Å². The van der Waals surface area contributed by atoms with Gasteiger partial charge in [0.15, 0.2) is 0 Å². The largest absolute Gasteiger partial charge is 0.396 e. The molecule has 3 rings (SSSR count). The highest BCUT2D eigenvalue weighted by molar-refractivity contribution is 5.16. The maximum absolute atomic E-state index is 9.76. The van der Waals surface area contributed by atoms with Crippen molar-refractivity contribution in [1.29, 1.82) is 0 Å². The summed E-state index contributed by atoms with van der Waals surface area (Å²) < 4.78 is 3.94. The first-order valence-corrected chi connectivity index (χ1v) is 8.42. The van der Waals surface area contributed by atoms with Crippen molar-refractivity contribution in [3.8, 4) is 0 Å². The SMILES string of the molecule is CC(C)n1cc([C@@H]2CN(CCc3ccnn3C)C[C@H]2CO)cn1. The van der Waals surface area contributed by atoms with Crippen LogP contribution in [0.15, 0.2) is 24.7 Å². The van der Waals surface area contributed by atoms with Gasteiger partial charge in [0.05, 0.1) is 6.20 Å². The van der Waals surface area contributed by atoms with E-state index in [1.165, 1.54) is 11.3 Å².